The summed E-state index contributed by atoms with van der Waals surface area (Å²) in [6.07, 6.45) is 2.96. The number of hydrogen-bond acceptors (Lipinski definition) is 4. The van der Waals surface area contributed by atoms with E-state index < -0.39 is 0 Å². The van der Waals surface area contributed by atoms with Gasteiger partial charge in [-0.2, -0.15) is 0 Å². The average molecular weight is 158 g/mol. The van der Waals surface area contributed by atoms with Gasteiger partial charge in [0.25, 0.3) is 0 Å². The van der Waals surface area contributed by atoms with Crippen LogP contribution in [0.2, 0.25) is 0 Å². The van der Waals surface area contributed by atoms with Crippen LogP contribution in [0.4, 0.5) is 0 Å². The standard InChI is InChI=1S/C7H14N2O2/c1-11-7(10)6-4-2-3-5-9(6)8/h6H,2-5,8H2,1H3. The van der Waals surface area contributed by atoms with Crippen molar-refractivity contribution >= 4 is 5.97 Å². The van der Waals surface area contributed by atoms with E-state index >= 15 is 0 Å². The minimum absolute atomic E-state index is 0.214. The summed E-state index contributed by atoms with van der Waals surface area (Å²) in [5.41, 5.74) is 0. The number of esters is 1. The van der Waals surface area contributed by atoms with E-state index in [1.165, 1.54) is 7.11 Å². The average Bonchev–Trinajstić information content (AvgIpc) is 2.04. The third-order valence-corrected chi connectivity index (χ3v) is 2.02. The molecule has 1 rings (SSSR count). The number of hydrazine groups is 1. The van der Waals surface area contributed by atoms with Crippen LogP contribution < -0.4 is 5.84 Å². The molecule has 0 amide bonds. The number of nitrogens with zero attached hydrogens (tertiary/aromatic N) is 1. The van der Waals surface area contributed by atoms with Crippen molar-refractivity contribution in [3.63, 3.8) is 0 Å². The van der Waals surface area contributed by atoms with E-state index in [1.54, 1.807) is 5.01 Å². The van der Waals surface area contributed by atoms with Gasteiger partial charge in [0.15, 0.2) is 0 Å². The minimum Gasteiger partial charge on any atom is -0.468 e. The predicted molar refractivity (Wildman–Crippen MR) is 40.5 cm³/mol. The van der Waals surface area contributed by atoms with E-state index in [0.717, 1.165) is 25.8 Å². The second-order valence-corrected chi connectivity index (χ2v) is 2.77. The Morgan fingerprint density at radius 1 is 1.64 bits per heavy atom. The van der Waals surface area contributed by atoms with Crippen molar-refractivity contribution in [2.24, 2.45) is 5.84 Å². The Hall–Kier alpha value is -0.610. The van der Waals surface area contributed by atoms with Gasteiger partial charge in [0.05, 0.1) is 7.11 Å². The first-order valence-corrected chi connectivity index (χ1v) is 3.85. The summed E-state index contributed by atoms with van der Waals surface area (Å²) in [5.74, 6) is 5.37. The summed E-state index contributed by atoms with van der Waals surface area (Å²) < 4.78 is 4.60. The first-order valence-electron chi connectivity index (χ1n) is 3.85. The highest BCUT2D eigenvalue weighted by atomic mass is 16.5. The second-order valence-electron chi connectivity index (χ2n) is 2.77. The van der Waals surface area contributed by atoms with E-state index in [9.17, 15) is 4.79 Å². The molecule has 1 aliphatic rings. The molecule has 0 saturated carbocycles. The van der Waals surface area contributed by atoms with Gasteiger partial charge < -0.3 is 4.74 Å². The molecular weight excluding hydrogens is 144 g/mol. The van der Waals surface area contributed by atoms with Crippen molar-refractivity contribution < 1.29 is 9.53 Å². The fraction of sp³-hybridized carbons (Fsp3) is 0.857. The molecular formula is C7H14N2O2. The van der Waals surface area contributed by atoms with Crippen molar-refractivity contribution in [3.05, 3.63) is 0 Å². The zero-order valence-corrected chi connectivity index (χ0v) is 6.75. The summed E-state index contributed by atoms with van der Waals surface area (Å²) in [6.45, 7) is 0.791. The smallest absolute Gasteiger partial charge is 0.324 e. The summed E-state index contributed by atoms with van der Waals surface area (Å²) in [4.78, 5) is 11.0. The largest absolute Gasteiger partial charge is 0.468 e. The minimum atomic E-state index is -0.216. The monoisotopic (exact) mass is 158 g/mol. The molecule has 1 aliphatic heterocycles. The molecule has 0 spiro atoms. The van der Waals surface area contributed by atoms with Gasteiger partial charge in [-0.3, -0.25) is 10.6 Å². The van der Waals surface area contributed by atoms with E-state index in [1.807, 2.05) is 0 Å². The van der Waals surface area contributed by atoms with Crippen LogP contribution in [0, 0.1) is 0 Å². The predicted octanol–water partition coefficient (Wildman–Crippen LogP) is -0.112. The highest BCUT2D eigenvalue weighted by molar-refractivity contribution is 5.75. The Balaban J connectivity index is 2.47. The van der Waals surface area contributed by atoms with Crippen LogP contribution in [-0.2, 0) is 9.53 Å². The Morgan fingerprint density at radius 2 is 2.36 bits per heavy atom. The highest BCUT2D eigenvalue weighted by Crippen LogP contribution is 2.13. The lowest BCUT2D eigenvalue weighted by Crippen LogP contribution is -2.49. The molecule has 4 heteroatoms. The molecule has 0 aromatic carbocycles. The number of rotatable bonds is 1. The molecule has 4 nitrogen and oxygen atoms in total. The molecule has 1 heterocycles. The number of hydrogen-bond donors (Lipinski definition) is 1. The number of methoxy groups -OCH3 is 1. The summed E-state index contributed by atoms with van der Waals surface area (Å²) >= 11 is 0. The lowest BCUT2D eigenvalue weighted by Gasteiger charge is -2.29. The second kappa shape index (κ2) is 3.69. The van der Waals surface area contributed by atoms with Gasteiger partial charge in [0.1, 0.15) is 6.04 Å². The van der Waals surface area contributed by atoms with Gasteiger partial charge in [-0.25, -0.2) is 5.01 Å². The first-order chi connectivity index (χ1) is 5.25. The molecule has 1 unspecified atom stereocenters. The maximum atomic E-state index is 11.0. The SMILES string of the molecule is COC(=O)C1CCCCN1N. The van der Waals surface area contributed by atoms with E-state index in [-0.39, 0.29) is 12.0 Å². The molecule has 64 valence electrons. The molecule has 11 heavy (non-hydrogen) atoms. The molecule has 1 saturated heterocycles. The molecule has 0 aliphatic carbocycles. The summed E-state index contributed by atoms with van der Waals surface area (Å²) in [7, 11) is 1.39. The maximum Gasteiger partial charge on any atom is 0.324 e. The third-order valence-electron chi connectivity index (χ3n) is 2.02. The van der Waals surface area contributed by atoms with E-state index in [2.05, 4.69) is 4.74 Å². The zero-order valence-electron chi connectivity index (χ0n) is 6.75. The van der Waals surface area contributed by atoms with Crippen LogP contribution in [0.3, 0.4) is 0 Å². The van der Waals surface area contributed by atoms with Crippen molar-refractivity contribution in [2.45, 2.75) is 25.3 Å². The van der Waals surface area contributed by atoms with Crippen LogP contribution in [0.5, 0.6) is 0 Å². The lowest BCUT2D eigenvalue weighted by atomic mass is 10.0. The number of nitrogens with two attached hydrogens (primary N) is 1. The maximum absolute atomic E-state index is 11.0. The van der Waals surface area contributed by atoms with Gasteiger partial charge >= 0.3 is 5.97 Å². The van der Waals surface area contributed by atoms with Gasteiger partial charge in [0.2, 0.25) is 0 Å². The molecule has 1 atom stereocenters. The van der Waals surface area contributed by atoms with Crippen LogP contribution in [0.1, 0.15) is 19.3 Å². The Kier molecular flexibility index (Phi) is 2.84. The van der Waals surface area contributed by atoms with Gasteiger partial charge in [-0.1, -0.05) is 0 Å². The number of ether oxygens (including phenoxy) is 1. The molecule has 0 aromatic rings. The molecule has 0 radical (unpaired) electrons. The normalized spacial score (nSPS) is 26.5. The van der Waals surface area contributed by atoms with E-state index in [0.29, 0.717) is 0 Å². The quantitative estimate of drug-likeness (QED) is 0.427. The van der Waals surface area contributed by atoms with Crippen LogP contribution in [0.15, 0.2) is 0 Å². The van der Waals surface area contributed by atoms with E-state index in [4.69, 9.17) is 5.84 Å². The fourth-order valence-corrected chi connectivity index (χ4v) is 1.34. The Bertz CT molecular complexity index is 149. The first kappa shape index (κ1) is 8.49. The third kappa shape index (κ3) is 1.91. The molecule has 1 fully saturated rings. The van der Waals surface area contributed by atoms with Crippen molar-refractivity contribution in [3.8, 4) is 0 Å². The highest BCUT2D eigenvalue weighted by Gasteiger charge is 2.26. The van der Waals surface area contributed by atoms with Crippen molar-refractivity contribution in [1.82, 2.24) is 5.01 Å². The molecule has 0 aromatic heterocycles. The van der Waals surface area contributed by atoms with Crippen molar-refractivity contribution in [1.29, 1.82) is 0 Å². The number of piperidine rings is 1. The molecule has 2 N–H and O–H groups in total. The molecule has 0 bridgehead atoms. The topological polar surface area (TPSA) is 55.6 Å². The summed E-state index contributed by atoms with van der Waals surface area (Å²) in [5, 5.41) is 1.56. The van der Waals surface area contributed by atoms with Gasteiger partial charge in [-0.15, -0.1) is 0 Å². The lowest BCUT2D eigenvalue weighted by molar-refractivity contribution is -0.148. The van der Waals surface area contributed by atoms with Crippen molar-refractivity contribution in [2.75, 3.05) is 13.7 Å². The van der Waals surface area contributed by atoms with Crippen LogP contribution >= 0.6 is 0 Å². The summed E-state index contributed by atoms with van der Waals surface area (Å²) in [6, 6.07) is -0.214. The van der Waals surface area contributed by atoms with Gasteiger partial charge in [-0.05, 0) is 19.3 Å². The number of carbonyl (C=O) groups excluding carboxylic acids is 1. The van der Waals surface area contributed by atoms with Crippen LogP contribution in [0.25, 0.3) is 0 Å². The Morgan fingerprint density at radius 3 is 2.91 bits per heavy atom. The van der Waals surface area contributed by atoms with Gasteiger partial charge in [0, 0.05) is 6.54 Å². The van der Waals surface area contributed by atoms with Crippen LogP contribution in [-0.4, -0.2) is 30.7 Å². The Labute approximate surface area is 66.3 Å². The fourth-order valence-electron chi connectivity index (χ4n) is 1.34. The zero-order chi connectivity index (χ0) is 8.27. The number of carbonyl (C=O) groups is 1.